The van der Waals surface area contributed by atoms with Crippen LogP contribution in [0.5, 0.6) is 0 Å². The number of hydrogen-bond donors (Lipinski definition) is 0. The monoisotopic (exact) mass is 135 g/mol. The van der Waals surface area contributed by atoms with Gasteiger partial charge in [-0.25, -0.2) is 0 Å². The maximum atomic E-state index is 8.34. The molecule has 1 aromatic heterocycles. The average Bonchev–Trinajstić information content (AvgIpc) is 2.38. The Balaban J connectivity index is 2.61. The molecule has 52 valence electrons. The van der Waals surface area contributed by atoms with Crippen molar-refractivity contribution in [3.05, 3.63) is 18.5 Å². The largest absolute Gasteiger partial charge is 0.269 e. The zero-order valence-corrected chi connectivity index (χ0v) is 5.86. The van der Waals surface area contributed by atoms with Gasteiger partial charge in [-0.2, -0.15) is 10.4 Å². The number of hydrogen-bond acceptors (Lipinski definition) is 2. The van der Waals surface area contributed by atoms with Crippen LogP contribution in [-0.2, 0) is 0 Å². The predicted octanol–water partition coefficient (Wildman–Crippen LogP) is 1.36. The third kappa shape index (κ3) is 1.35. The molecule has 3 heteroatoms. The van der Waals surface area contributed by atoms with Gasteiger partial charge in [-0.05, 0) is 13.0 Å². The minimum absolute atomic E-state index is 0.194. The van der Waals surface area contributed by atoms with E-state index in [-0.39, 0.29) is 6.04 Å². The molecule has 0 aliphatic carbocycles. The molecule has 0 spiro atoms. The summed E-state index contributed by atoms with van der Waals surface area (Å²) in [5, 5.41) is 12.3. The van der Waals surface area contributed by atoms with E-state index >= 15 is 0 Å². The molecule has 0 aromatic carbocycles. The van der Waals surface area contributed by atoms with Crippen molar-refractivity contribution < 1.29 is 0 Å². The lowest BCUT2D eigenvalue weighted by atomic mass is 10.3. The summed E-state index contributed by atoms with van der Waals surface area (Å²) in [5.41, 5.74) is 0. The number of rotatable bonds is 2. The first kappa shape index (κ1) is 6.81. The fourth-order valence-corrected chi connectivity index (χ4v) is 0.767. The maximum absolute atomic E-state index is 8.34. The van der Waals surface area contributed by atoms with Gasteiger partial charge in [0.25, 0.3) is 0 Å². The number of nitriles is 1. The van der Waals surface area contributed by atoms with Gasteiger partial charge in [-0.1, -0.05) is 0 Å². The summed E-state index contributed by atoms with van der Waals surface area (Å²) in [6, 6.07) is 4.14. The smallest absolute Gasteiger partial charge is 0.0644 e. The van der Waals surface area contributed by atoms with Gasteiger partial charge in [0.05, 0.1) is 18.5 Å². The molecule has 1 rings (SSSR count). The SMILES string of the molecule is C[C@H](CC#N)n1cccn1. The van der Waals surface area contributed by atoms with E-state index < -0.39 is 0 Å². The second-order valence-electron chi connectivity index (χ2n) is 2.20. The number of aromatic nitrogens is 2. The van der Waals surface area contributed by atoms with E-state index in [1.165, 1.54) is 0 Å². The highest BCUT2D eigenvalue weighted by atomic mass is 15.3. The Bertz CT molecular complexity index is 219. The Morgan fingerprint density at radius 2 is 2.60 bits per heavy atom. The van der Waals surface area contributed by atoms with Gasteiger partial charge in [-0.3, -0.25) is 4.68 Å². The molecular formula is C7H9N3. The van der Waals surface area contributed by atoms with E-state index in [0.717, 1.165) is 0 Å². The molecule has 0 fully saturated rings. The molecule has 0 saturated carbocycles. The average molecular weight is 135 g/mol. The Hall–Kier alpha value is -1.30. The second-order valence-corrected chi connectivity index (χ2v) is 2.20. The first-order valence-electron chi connectivity index (χ1n) is 3.20. The zero-order valence-electron chi connectivity index (χ0n) is 5.86. The Morgan fingerprint density at radius 3 is 3.10 bits per heavy atom. The van der Waals surface area contributed by atoms with Gasteiger partial charge in [0.15, 0.2) is 0 Å². The van der Waals surface area contributed by atoms with Crippen molar-refractivity contribution in [3.8, 4) is 6.07 Å². The first-order chi connectivity index (χ1) is 4.84. The lowest BCUT2D eigenvalue weighted by Crippen LogP contribution is -2.03. The summed E-state index contributed by atoms with van der Waals surface area (Å²) in [6.07, 6.45) is 4.09. The summed E-state index contributed by atoms with van der Waals surface area (Å²) in [7, 11) is 0. The summed E-state index contributed by atoms with van der Waals surface area (Å²) >= 11 is 0. The fourth-order valence-electron chi connectivity index (χ4n) is 0.767. The highest BCUT2D eigenvalue weighted by Gasteiger charge is 2.00. The molecule has 0 radical (unpaired) electrons. The van der Waals surface area contributed by atoms with Crippen molar-refractivity contribution in [3.63, 3.8) is 0 Å². The van der Waals surface area contributed by atoms with Crippen LogP contribution in [0.25, 0.3) is 0 Å². The van der Waals surface area contributed by atoms with Crippen LogP contribution in [0.2, 0.25) is 0 Å². The van der Waals surface area contributed by atoms with Crippen molar-refractivity contribution in [2.75, 3.05) is 0 Å². The normalized spacial score (nSPS) is 12.4. The van der Waals surface area contributed by atoms with E-state index in [9.17, 15) is 0 Å². The van der Waals surface area contributed by atoms with Gasteiger partial charge >= 0.3 is 0 Å². The highest BCUT2D eigenvalue weighted by molar-refractivity contribution is 4.83. The molecule has 0 N–H and O–H groups in total. The van der Waals surface area contributed by atoms with Crippen LogP contribution in [0.3, 0.4) is 0 Å². The van der Waals surface area contributed by atoms with Gasteiger partial charge in [-0.15, -0.1) is 0 Å². The molecule has 10 heavy (non-hydrogen) atoms. The lowest BCUT2D eigenvalue weighted by Gasteiger charge is -2.05. The molecule has 0 saturated heterocycles. The molecular weight excluding hydrogens is 126 g/mol. The van der Waals surface area contributed by atoms with Crippen molar-refractivity contribution in [2.45, 2.75) is 19.4 Å². The molecule has 0 bridgehead atoms. The van der Waals surface area contributed by atoms with E-state index in [1.54, 1.807) is 10.9 Å². The van der Waals surface area contributed by atoms with Crippen molar-refractivity contribution in [1.29, 1.82) is 5.26 Å². The predicted molar refractivity (Wildman–Crippen MR) is 37.2 cm³/mol. The van der Waals surface area contributed by atoms with Crippen LogP contribution in [0, 0.1) is 11.3 Å². The van der Waals surface area contributed by atoms with E-state index in [2.05, 4.69) is 11.2 Å². The molecule has 0 aliphatic rings. The van der Waals surface area contributed by atoms with Crippen LogP contribution in [0.15, 0.2) is 18.5 Å². The van der Waals surface area contributed by atoms with Crippen LogP contribution >= 0.6 is 0 Å². The fraction of sp³-hybridized carbons (Fsp3) is 0.429. The minimum Gasteiger partial charge on any atom is -0.269 e. The standard InChI is InChI=1S/C7H9N3/c1-7(3-4-8)10-6-2-5-9-10/h2,5-7H,3H2,1H3/t7-/m1/s1. The summed E-state index contributed by atoms with van der Waals surface area (Å²) in [6.45, 7) is 1.97. The van der Waals surface area contributed by atoms with Gasteiger partial charge in [0.1, 0.15) is 0 Å². The van der Waals surface area contributed by atoms with Crippen LogP contribution in [0.4, 0.5) is 0 Å². The third-order valence-corrected chi connectivity index (χ3v) is 1.36. The molecule has 0 amide bonds. The van der Waals surface area contributed by atoms with Gasteiger partial charge in [0, 0.05) is 12.4 Å². The van der Waals surface area contributed by atoms with Gasteiger partial charge in [0.2, 0.25) is 0 Å². The van der Waals surface area contributed by atoms with Crippen LogP contribution in [0.1, 0.15) is 19.4 Å². The molecule has 1 atom stereocenters. The maximum Gasteiger partial charge on any atom is 0.0644 e. The highest BCUT2D eigenvalue weighted by Crippen LogP contribution is 2.05. The Kier molecular flexibility index (Phi) is 2.06. The van der Waals surface area contributed by atoms with Crippen molar-refractivity contribution in [2.24, 2.45) is 0 Å². The molecule has 0 aliphatic heterocycles. The summed E-state index contributed by atoms with van der Waals surface area (Å²) in [5.74, 6) is 0. The third-order valence-electron chi connectivity index (χ3n) is 1.36. The lowest BCUT2D eigenvalue weighted by molar-refractivity contribution is 0.500. The van der Waals surface area contributed by atoms with Crippen molar-refractivity contribution >= 4 is 0 Å². The summed E-state index contributed by atoms with van der Waals surface area (Å²) < 4.78 is 1.78. The number of nitrogens with zero attached hydrogens (tertiary/aromatic N) is 3. The van der Waals surface area contributed by atoms with Crippen LogP contribution in [-0.4, -0.2) is 9.78 Å². The van der Waals surface area contributed by atoms with E-state index in [4.69, 9.17) is 5.26 Å². The second kappa shape index (κ2) is 3.02. The Labute approximate surface area is 59.9 Å². The molecule has 0 unspecified atom stereocenters. The molecule has 1 heterocycles. The van der Waals surface area contributed by atoms with Crippen LogP contribution < -0.4 is 0 Å². The van der Waals surface area contributed by atoms with E-state index in [0.29, 0.717) is 6.42 Å². The topological polar surface area (TPSA) is 41.6 Å². The quantitative estimate of drug-likeness (QED) is 0.614. The van der Waals surface area contributed by atoms with Gasteiger partial charge < -0.3 is 0 Å². The van der Waals surface area contributed by atoms with Crippen molar-refractivity contribution in [1.82, 2.24) is 9.78 Å². The first-order valence-corrected chi connectivity index (χ1v) is 3.20. The molecule has 3 nitrogen and oxygen atoms in total. The summed E-state index contributed by atoms with van der Waals surface area (Å²) in [4.78, 5) is 0. The zero-order chi connectivity index (χ0) is 7.40. The minimum atomic E-state index is 0.194. The Morgan fingerprint density at radius 1 is 1.80 bits per heavy atom. The molecule has 1 aromatic rings. The van der Waals surface area contributed by atoms with E-state index in [1.807, 2.05) is 19.2 Å².